The molecule has 1 fully saturated rings. The molecule has 0 amide bonds. The fraction of sp³-hybridized carbons (Fsp3) is 0.636. The van der Waals surface area contributed by atoms with Crippen molar-refractivity contribution in [1.82, 2.24) is 9.97 Å². The van der Waals surface area contributed by atoms with Gasteiger partial charge in [-0.3, -0.25) is 0 Å². The van der Waals surface area contributed by atoms with E-state index in [1.807, 2.05) is 13.0 Å². The van der Waals surface area contributed by atoms with Gasteiger partial charge in [0.2, 0.25) is 0 Å². The third-order valence-corrected chi connectivity index (χ3v) is 2.56. The maximum absolute atomic E-state index is 9.24. The highest BCUT2D eigenvalue weighted by atomic mass is 16.3. The Kier molecular flexibility index (Phi) is 2.61. The summed E-state index contributed by atoms with van der Waals surface area (Å²) in [7, 11) is 0. The van der Waals surface area contributed by atoms with Crippen LogP contribution < -0.4 is 4.90 Å². The second-order valence-corrected chi connectivity index (χ2v) is 4.44. The number of aryl methyl sites for hydroxylation is 1. The quantitative estimate of drug-likeness (QED) is 0.788. The van der Waals surface area contributed by atoms with Crippen molar-refractivity contribution in [1.29, 1.82) is 0 Å². The van der Waals surface area contributed by atoms with E-state index in [0.29, 0.717) is 19.0 Å². The van der Waals surface area contributed by atoms with Gasteiger partial charge < -0.3 is 10.0 Å². The Morgan fingerprint density at radius 3 is 2.60 bits per heavy atom. The fourth-order valence-electron chi connectivity index (χ4n) is 1.64. The van der Waals surface area contributed by atoms with Crippen LogP contribution in [-0.4, -0.2) is 34.3 Å². The van der Waals surface area contributed by atoms with Crippen molar-refractivity contribution in [2.24, 2.45) is 0 Å². The zero-order chi connectivity index (χ0) is 11.0. The van der Waals surface area contributed by atoms with Crippen LogP contribution in [0.5, 0.6) is 0 Å². The zero-order valence-corrected chi connectivity index (χ0v) is 9.44. The summed E-state index contributed by atoms with van der Waals surface area (Å²) in [5, 5.41) is 9.24. The van der Waals surface area contributed by atoms with Gasteiger partial charge in [-0.2, -0.15) is 0 Å². The van der Waals surface area contributed by atoms with Gasteiger partial charge in [0.25, 0.3) is 0 Å². The Labute approximate surface area is 90.0 Å². The lowest BCUT2D eigenvalue weighted by atomic mass is 10.1. The second kappa shape index (κ2) is 3.77. The first-order valence-electron chi connectivity index (χ1n) is 5.35. The molecule has 4 nitrogen and oxygen atoms in total. The molecule has 1 saturated heterocycles. The average Bonchev–Trinajstić information content (AvgIpc) is 2.12. The second-order valence-electron chi connectivity index (χ2n) is 4.44. The summed E-state index contributed by atoms with van der Waals surface area (Å²) in [6.45, 7) is 7.53. The molecule has 82 valence electrons. The van der Waals surface area contributed by atoms with E-state index >= 15 is 0 Å². The molecule has 1 aromatic heterocycles. The molecule has 0 unspecified atom stereocenters. The van der Waals surface area contributed by atoms with E-state index < -0.39 is 0 Å². The summed E-state index contributed by atoms with van der Waals surface area (Å²) in [6, 6.07) is 1.97. The lowest BCUT2D eigenvalue weighted by Gasteiger charge is -2.37. The van der Waals surface area contributed by atoms with Crippen molar-refractivity contribution in [3.63, 3.8) is 0 Å². The van der Waals surface area contributed by atoms with Gasteiger partial charge in [0.15, 0.2) is 0 Å². The molecule has 0 aromatic carbocycles. The van der Waals surface area contributed by atoms with E-state index in [9.17, 15) is 5.11 Å². The maximum atomic E-state index is 9.24. The topological polar surface area (TPSA) is 49.2 Å². The molecule has 1 N–H and O–H groups in total. The highest BCUT2D eigenvalue weighted by Gasteiger charge is 2.26. The number of hydrogen-bond acceptors (Lipinski definition) is 4. The molecule has 0 aliphatic carbocycles. The number of aromatic nitrogens is 2. The lowest BCUT2D eigenvalue weighted by molar-refractivity contribution is 0.141. The normalized spacial score (nSPS) is 17.0. The highest BCUT2D eigenvalue weighted by Crippen LogP contribution is 2.21. The summed E-state index contributed by atoms with van der Waals surface area (Å²) in [6.07, 6.45) is -0.192. The third kappa shape index (κ3) is 2.09. The number of nitrogens with zero attached hydrogens (tertiary/aromatic N) is 3. The van der Waals surface area contributed by atoms with E-state index in [4.69, 9.17) is 0 Å². The minimum atomic E-state index is -0.192. The molecule has 0 bridgehead atoms. The third-order valence-electron chi connectivity index (χ3n) is 2.56. The van der Waals surface area contributed by atoms with Gasteiger partial charge in [-0.25, -0.2) is 9.97 Å². The van der Waals surface area contributed by atoms with Crippen molar-refractivity contribution in [2.75, 3.05) is 18.0 Å². The van der Waals surface area contributed by atoms with Crippen molar-refractivity contribution >= 4 is 5.82 Å². The number of aliphatic hydroxyl groups excluding tert-OH is 1. The summed E-state index contributed by atoms with van der Waals surface area (Å²) >= 11 is 0. The summed E-state index contributed by atoms with van der Waals surface area (Å²) < 4.78 is 0. The van der Waals surface area contributed by atoms with Crippen LogP contribution in [0, 0.1) is 6.92 Å². The van der Waals surface area contributed by atoms with E-state index in [2.05, 4.69) is 28.7 Å². The lowest BCUT2D eigenvalue weighted by Crippen LogP contribution is -2.51. The van der Waals surface area contributed by atoms with E-state index in [0.717, 1.165) is 17.3 Å². The molecule has 0 radical (unpaired) electrons. The molecule has 2 heterocycles. The summed E-state index contributed by atoms with van der Waals surface area (Å²) in [5.74, 6) is 2.16. The number of rotatable bonds is 2. The molecule has 0 atom stereocenters. The van der Waals surface area contributed by atoms with Crippen LogP contribution in [0.2, 0.25) is 0 Å². The van der Waals surface area contributed by atoms with Crippen LogP contribution in [0.3, 0.4) is 0 Å². The predicted octanol–water partition coefficient (Wildman–Crippen LogP) is 1.09. The number of anilines is 1. The van der Waals surface area contributed by atoms with Crippen LogP contribution in [-0.2, 0) is 0 Å². The van der Waals surface area contributed by atoms with E-state index in [1.165, 1.54) is 0 Å². The van der Waals surface area contributed by atoms with Crippen molar-refractivity contribution in [3.05, 3.63) is 17.6 Å². The highest BCUT2D eigenvalue weighted by molar-refractivity contribution is 5.43. The Balaban J connectivity index is 2.24. The summed E-state index contributed by atoms with van der Waals surface area (Å²) in [5.41, 5.74) is 0.991. The molecule has 1 aliphatic rings. The van der Waals surface area contributed by atoms with Crippen LogP contribution in [0.25, 0.3) is 0 Å². The molecule has 4 heteroatoms. The van der Waals surface area contributed by atoms with Gasteiger partial charge >= 0.3 is 0 Å². The van der Waals surface area contributed by atoms with Gasteiger partial charge in [-0.1, -0.05) is 13.8 Å². The largest absolute Gasteiger partial charge is 0.389 e. The molecule has 1 aromatic rings. The van der Waals surface area contributed by atoms with Gasteiger partial charge in [0.1, 0.15) is 11.6 Å². The number of aliphatic hydroxyl groups is 1. The first-order valence-corrected chi connectivity index (χ1v) is 5.35. The smallest absolute Gasteiger partial charge is 0.133 e. The monoisotopic (exact) mass is 207 g/mol. The van der Waals surface area contributed by atoms with Gasteiger partial charge in [-0.05, 0) is 6.92 Å². The predicted molar refractivity (Wildman–Crippen MR) is 59.1 cm³/mol. The zero-order valence-electron chi connectivity index (χ0n) is 9.44. The minimum absolute atomic E-state index is 0.192. The Morgan fingerprint density at radius 2 is 2.07 bits per heavy atom. The maximum Gasteiger partial charge on any atom is 0.133 e. The SMILES string of the molecule is Cc1cc(N2CC(O)C2)nc(C(C)C)n1. The van der Waals surface area contributed by atoms with Gasteiger partial charge in [0, 0.05) is 30.8 Å². The molecule has 2 rings (SSSR count). The van der Waals surface area contributed by atoms with Crippen LogP contribution >= 0.6 is 0 Å². The fourth-order valence-corrected chi connectivity index (χ4v) is 1.64. The van der Waals surface area contributed by atoms with Crippen LogP contribution in [0.15, 0.2) is 6.07 Å². The Bertz CT molecular complexity index is 359. The van der Waals surface area contributed by atoms with Gasteiger partial charge in [0.05, 0.1) is 6.10 Å². The van der Waals surface area contributed by atoms with E-state index in [1.54, 1.807) is 0 Å². The Morgan fingerprint density at radius 1 is 1.40 bits per heavy atom. The Hall–Kier alpha value is -1.16. The molecular formula is C11H17N3O. The average molecular weight is 207 g/mol. The number of β-amino-alcohol motifs (C(OH)–C–C–N with tert-alkyl or cyclic N) is 1. The van der Waals surface area contributed by atoms with Crippen molar-refractivity contribution in [3.8, 4) is 0 Å². The van der Waals surface area contributed by atoms with Crippen LogP contribution in [0.1, 0.15) is 31.3 Å². The van der Waals surface area contributed by atoms with E-state index in [-0.39, 0.29) is 6.10 Å². The molecule has 0 saturated carbocycles. The molecule has 15 heavy (non-hydrogen) atoms. The molecular weight excluding hydrogens is 190 g/mol. The molecule has 1 aliphatic heterocycles. The number of hydrogen-bond donors (Lipinski definition) is 1. The minimum Gasteiger partial charge on any atom is -0.389 e. The molecule has 0 spiro atoms. The first-order chi connectivity index (χ1) is 7.06. The summed E-state index contributed by atoms with van der Waals surface area (Å²) in [4.78, 5) is 11.0. The van der Waals surface area contributed by atoms with Crippen molar-refractivity contribution in [2.45, 2.75) is 32.8 Å². The standard InChI is InChI=1S/C11H17N3O/c1-7(2)11-12-8(3)4-10(13-11)14-5-9(15)6-14/h4,7,9,15H,5-6H2,1-3H3. The first kappa shape index (κ1) is 10.4. The van der Waals surface area contributed by atoms with Crippen LogP contribution in [0.4, 0.5) is 5.82 Å². The van der Waals surface area contributed by atoms with Crippen molar-refractivity contribution < 1.29 is 5.11 Å². The van der Waals surface area contributed by atoms with Gasteiger partial charge in [-0.15, -0.1) is 0 Å².